The predicted molar refractivity (Wildman–Crippen MR) is 98.3 cm³/mol. The lowest BCUT2D eigenvalue weighted by atomic mass is 10.1. The fourth-order valence-electron chi connectivity index (χ4n) is 2.83. The molecule has 0 saturated carbocycles. The molecule has 0 aliphatic carbocycles. The molecule has 1 heterocycles. The summed E-state index contributed by atoms with van der Waals surface area (Å²) in [5.41, 5.74) is 1.13. The first kappa shape index (κ1) is 19.5. The number of morpholine rings is 1. The molecule has 2 aromatic rings. The zero-order valence-electron chi connectivity index (χ0n) is 14.9. The third kappa shape index (κ3) is 4.52. The maximum atomic E-state index is 13.0. The van der Waals surface area contributed by atoms with Gasteiger partial charge in [0, 0.05) is 18.7 Å². The Morgan fingerprint density at radius 2 is 1.67 bits per heavy atom. The SMILES string of the molecule is C[C@@H](NC(=O)c1ccc(S(=O)(=O)N2CCOCC2)cc1)c1ccc(F)cc1. The molecule has 1 atom stereocenters. The lowest BCUT2D eigenvalue weighted by Crippen LogP contribution is -2.40. The highest BCUT2D eigenvalue weighted by atomic mass is 32.2. The fraction of sp³-hybridized carbons (Fsp3) is 0.316. The van der Waals surface area contributed by atoms with Crippen molar-refractivity contribution >= 4 is 15.9 Å². The van der Waals surface area contributed by atoms with Crippen LogP contribution in [0.15, 0.2) is 53.4 Å². The van der Waals surface area contributed by atoms with Gasteiger partial charge in [0.25, 0.3) is 5.91 Å². The molecule has 1 N–H and O–H groups in total. The summed E-state index contributed by atoms with van der Waals surface area (Å²) in [4.78, 5) is 12.5. The number of carbonyl (C=O) groups is 1. The van der Waals surface area contributed by atoms with Crippen LogP contribution in [0.4, 0.5) is 4.39 Å². The van der Waals surface area contributed by atoms with Crippen molar-refractivity contribution in [1.29, 1.82) is 0 Å². The Labute approximate surface area is 158 Å². The number of carbonyl (C=O) groups excluding carboxylic acids is 1. The van der Waals surface area contributed by atoms with Gasteiger partial charge in [-0.3, -0.25) is 4.79 Å². The van der Waals surface area contributed by atoms with Crippen LogP contribution in [0.25, 0.3) is 0 Å². The van der Waals surface area contributed by atoms with Gasteiger partial charge in [0.2, 0.25) is 10.0 Å². The molecule has 1 fully saturated rings. The molecule has 144 valence electrons. The smallest absolute Gasteiger partial charge is 0.251 e. The highest BCUT2D eigenvalue weighted by Crippen LogP contribution is 2.19. The maximum Gasteiger partial charge on any atom is 0.251 e. The molecule has 0 spiro atoms. The molecule has 1 saturated heterocycles. The second kappa shape index (κ2) is 8.16. The van der Waals surface area contributed by atoms with Crippen molar-refractivity contribution in [2.75, 3.05) is 26.3 Å². The Morgan fingerprint density at radius 1 is 1.07 bits per heavy atom. The molecule has 0 radical (unpaired) electrons. The Bertz CT molecular complexity index is 892. The Kier molecular flexibility index (Phi) is 5.88. The van der Waals surface area contributed by atoms with E-state index in [1.807, 2.05) is 0 Å². The number of hydrogen-bond donors (Lipinski definition) is 1. The second-order valence-electron chi connectivity index (χ2n) is 6.29. The van der Waals surface area contributed by atoms with Crippen molar-refractivity contribution in [2.45, 2.75) is 17.9 Å². The summed E-state index contributed by atoms with van der Waals surface area (Å²) in [6.07, 6.45) is 0. The predicted octanol–water partition coefficient (Wildman–Crippen LogP) is 2.34. The number of hydrogen-bond acceptors (Lipinski definition) is 4. The first-order chi connectivity index (χ1) is 12.9. The van der Waals surface area contributed by atoms with E-state index in [0.29, 0.717) is 31.9 Å². The normalized spacial score (nSPS) is 16.7. The van der Waals surface area contributed by atoms with Crippen molar-refractivity contribution in [3.63, 3.8) is 0 Å². The molecular weight excluding hydrogens is 371 g/mol. The summed E-state index contributed by atoms with van der Waals surface area (Å²) in [5.74, 6) is -0.670. The number of benzene rings is 2. The second-order valence-corrected chi connectivity index (χ2v) is 8.23. The number of ether oxygens (including phenoxy) is 1. The van der Waals surface area contributed by atoms with E-state index < -0.39 is 10.0 Å². The number of nitrogens with zero attached hydrogens (tertiary/aromatic N) is 1. The maximum absolute atomic E-state index is 13.0. The fourth-order valence-corrected chi connectivity index (χ4v) is 4.24. The van der Waals surface area contributed by atoms with E-state index in [0.717, 1.165) is 5.56 Å². The van der Waals surface area contributed by atoms with E-state index in [4.69, 9.17) is 4.74 Å². The van der Waals surface area contributed by atoms with Gasteiger partial charge in [0.05, 0.1) is 24.2 Å². The van der Waals surface area contributed by atoms with Gasteiger partial charge in [-0.15, -0.1) is 0 Å². The summed E-state index contributed by atoms with van der Waals surface area (Å²) < 4.78 is 44.8. The molecule has 27 heavy (non-hydrogen) atoms. The van der Waals surface area contributed by atoms with Crippen LogP contribution in [0.3, 0.4) is 0 Å². The zero-order chi connectivity index (χ0) is 19.4. The van der Waals surface area contributed by atoms with Gasteiger partial charge in [-0.2, -0.15) is 4.31 Å². The first-order valence-corrected chi connectivity index (χ1v) is 10.1. The van der Waals surface area contributed by atoms with Gasteiger partial charge < -0.3 is 10.1 Å². The monoisotopic (exact) mass is 392 g/mol. The van der Waals surface area contributed by atoms with Crippen molar-refractivity contribution in [2.24, 2.45) is 0 Å². The van der Waals surface area contributed by atoms with E-state index >= 15 is 0 Å². The van der Waals surface area contributed by atoms with Crippen LogP contribution in [0, 0.1) is 5.82 Å². The zero-order valence-corrected chi connectivity index (χ0v) is 15.7. The van der Waals surface area contributed by atoms with Crippen LogP contribution in [0.2, 0.25) is 0 Å². The summed E-state index contributed by atoms with van der Waals surface area (Å²) in [6.45, 7) is 3.18. The van der Waals surface area contributed by atoms with Crippen LogP contribution < -0.4 is 5.32 Å². The van der Waals surface area contributed by atoms with Crippen LogP contribution in [0.5, 0.6) is 0 Å². The van der Waals surface area contributed by atoms with Gasteiger partial charge >= 0.3 is 0 Å². The molecular formula is C19H21FN2O4S. The average Bonchev–Trinajstić information content (AvgIpc) is 2.69. The number of amides is 1. The van der Waals surface area contributed by atoms with Gasteiger partial charge in [-0.05, 0) is 48.9 Å². The Morgan fingerprint density at radius 3 is 2.26 bits per heavy atom. The van der Waals surface area contributed by atoms with Crippen LogP contribution in [-0.4, -0.2) is 44.9 Å². The molecule has 0 aromatic heterocycles. The Hall–Kier alpha value is -2.29. The van der Waals surface area contributed by atoms with Gasteiger partial charge in [-0.1, -0.05) is 12.1 Å². The molecule has 1 aliphatic rings. The Balaban J connectivity index is 1.69. The van der Waals surface area contributed by atoms with Crippen molar-refractivity contribution in [3.05, 3.63) is 65.5 Å². The van der Waals surface area contributed by atoms with Gasteiger partial charge in [0.15, 0.2) is 0 Å². The average molecular weight is 392 g/mol. The van der Waals surface area contributed by atoms with E-state index in [-0.39, 0.29) is 22.7 Å². The highest BCUT2D eigenvalue weighted by molar-refractivity contribution is 7.89. The van der Waals surface area contributed by atoms with E-state index in [1.165, 1.54) is 40.7 Å². The minimum atomic E-state index is -3.59. The lowest BCUT2D eigenvalue weighted by Gasteiger charge is -2.26. The van der Waals surface area contributed by atoms with E-state index in [2.05, 4.69) is 5.32 Å². The molecule has 1 aliphatic heterocycles. The van der Waals surface area contributed by atoms with E-state index in [1.54, 1.807) is 19.1 Å². The van der Waals surface area contributed by atoms with Crippen molar-refractivity contribution < 1.29 is 22.3 Å². The summed E-state index contributed by atoms with van der Waals surface area (Å²) in [7, 11) is -3.59. The quantitative estimate of drug-likeness (QED) is 0.848. The lowest BCUT2D eigenvalue weighted by molar-refractivity contribution is 0.0730. The first-order valence-electron chi connectivity index (χ1n) is 8.62. The minimum Gasteiger partial charge on any atom is -0.379 e. The summed E-state index contributed by atoms with van der Waals surface area (Å²) in [5, 5.41) is 2.82. The number of sulfonamides is 1. The molecule has 3 rings (SSSR count). The largest absolute Gasteiger partial charge is 0.379 e. The van der Waals surface area contributed by atoms with Crippen LogP contribution in [0.1, 0.15) is 28.9 Å². The van der Waals surface area contributed by atoms with Gasteiger partial charge in [0.1, 0.15) is 5.82 Å². The van der Waals surface area contributed by atoms with Crippen molar-refractivity contribution in [3.8, 4) is 0 Å². The van der Waals surface area contributed by atoms with Crippen molar-refractivity contribution in [1.82, 2.24) is 9.62 Å². The highest BCUT2D eigenvalue weighted by Gasteiger charge is 2.26. The third-order valence-corrected chi connectivity index (χ3v) is 6.35. The molecule has 0 bridgehead atoms. The molecule has 1 amide bonds. The van der Waals surface area contributed by atoms with Crippen LogP contribution in [-0.2, 0) is 14.8 Å². The summed E-state index contributed by atoms with van der Waals surface area (Å²) >= 11 is 0. The third-order valence-electron chi connectivity index (χ3n) is 4.44. The van der Waals surface area contributed by atoms with Gasteiger partial charge in [-0.25, -0.2) is 12.8 Å². The molecule has 0 unspecified atom stereocenters. The topological polar surface area (TPSA) is 75.7 Å². The molecule has 8 heteroatoms. The molecule has 2 aromatic carbocycles. The number of nitrogens with one attached hydrogen (secondary N) is 1. The number of rotatable bonds is 5. The van der Waals surface area contributed by atoms with Crippen LogP contribution >= 0.6 is 0 Å². The van der Waals surface area contributed by atoms with E-state index in [9.17, 15) is 17.6 Å². The standard InChI is InChI=1S/C19H21FN2O4S/c1-14(15-2-6-17(20)7-3-15)21-19(23)16-4-8-18(9-5-16)27(24,25)22-10-12-26-13-11-22/h2-9,14H,10-13H2,1H3,(H,21,23)/t14-/m1/s1. The minimum absolute atomic E-state index is 0.146. The summed E-state index contributed by atoms with van der Waals surface area (Å²) in [6, 6.07) is 11.4. The molecule has 6 nitrogen and oxygen atoms in total. The number of halogens is 1.